The molecule has 1 atom stereocenters. The van der Waals surface area contributed by atoms with Crippen LogP contribution in [0.25, 0.3) is 0 Å². The van der Waals surface area contributed by atoms with Crippen molar-refractivity contribution in [2.24, 2.45) is 5.92 Å². The highest BCUT2D eigenvalue weighted by atomic mass is 16.3. The van der Waals surface area contributed by atoms with Gasteiger partial charge in [0, 0.05) is 18.9 Å². The molecule has 0 fully saturated rings. The van der Waals surface area contributed by atoms with Gasteiger partial charge in [0.25, 0.3) is 0 Å². The molecule has 1 unspecified atom stereocenters. The first-order valence-corrected chi connectivity index (χ1v) is 11.7. The lowest BCUT2D eigenvalue weighted by atomic mass is 9.78. The molecule has 0 saturated heterocycles. The molecule has 0 spiro atoms. The standard InChI is InChI=1S/C26H43N3O2/c1-9-18(10-2)11-12-28-13-14-29(24(28)27)17-22(30)19-15-20(25(3,4)5)23(31)21(16-19)26(6,7)8/h13-16,18,22,27,30-31H,9-12,17H2,1-8H3. The summed E-state index contributed by atoms with van der Waals surface area (Å²) in [5.41, 5.74) is 2.39. The predicted molar refractivity (Wildman–Crippen MR) is 127 cm³/mol. The number of aryl methyl sites for hydroxylation is 1. The molecule has 0 aliphatic carbocycles. The smallest absolute Gasteiger partial charge is 0.202 e. The number of aliphatic hydroxyl groups excluding tert-OH is 1. The second-order valence-corrected chi connectivity index (χ2v) is 10.9. The molecular weight excluding hydrogens is 386 g/mol. The van der Waals surface area contributed by atoms with E-state index in [2.05, 4.69) is 55.4 Å². The van der Waals surface area contributed by atoms with Crippen molar-refractivity contribution < 1.29 is 10.2 Å². The molecule has 5 heteroatoms. The van der Waals surface area contributed by atoms with Crippen molar-refractivity contribution in [1.82, 2.24) is 9.13 Å². The van der Waals surface area contributed by atoms with Gasteiger partial charge in [0.1, 0.15) is 5.75 Å². The Morgan fingerprint density at radius 3 is 1.84 bits per heavy atom. The minimum atomic E-state index is -0.758. The van der Waals surface area contributed by atoms with E-state index in [-0.39, 0.29) is 10.8 Å². The normalized spacial score (nSPS) is 13.7. The Hall–Kier alpha value is -2.01. The summed E-state index contributed by atoms with van der Waals surface area (Å²) >= 11 is 0. The topological polar surface area (TPSA) is 74.2 Å². The van der Waals surface area contributed by atoms with E-state index in [0.717, 1.165) is 42.5 Å². The van der Waals surface area contributed by atoms with E-state index >= 15 is 0 Å². The Balaban J connectivity index is 2.32. The number of hydrogen-bond acceptors (Lipinski definition) is 3. The lowest BCUT2D eigenvalue weighted by Gasteiger charge is -2.29. The van der Waals surface area contributed by atoms with Crippen LogP contribution in [-0.2, 0) is 23.9 Å². The van der Waals surface area contributed by atoms with Crippen LogP contribution in [0.4, 0.5) is 0 Å². The summed E-state index contributed by atoms with van der Waals surface area (Å²) in [7, 11) is 0. The molecule has 0 bridgehead atoms. The number of benzene rings is 1. The number of nitrogens with zero attached hydrogens (tertiary/aromatic N) is 2. The first kappa shape index (κ1) is 25.3. The summed E-state index contributed by atoms with van der Waals surface area (Å²) < 4.78 is 3.76. The average Bonchev–Trinajstić information content (AvgIpc) is 3.00. The number of imidazole rings is 1. The molecule has 31 heavy (non-hydrogen) atoms. The predicted octanol–water partition coefficient (Wildman–Crippen LogP) is 5.63. The first-order valence-electron chi connectivity index (χ1n) is 11.7. The van der Waals surface area contributed by atoms with Crippen molar-refractivity contribution >= 4 is 0 Å². The van der Waals surface area contributed by atoms with Crippen molar-refractivity contribution in [2.75, 3.05) is 0 Å². The first-order chi connectivity index (χ1) is 14.3. The highest BCUT2D eigenvalue weighted by molar-refractivity contribution is 5.50. The monoisotopic (exact) mass is 429 g/mol. The van der Waals surface area contributed by atoms with Gasteiger partial charge in [-0.3, -0.25) is 5.41 Å². The third kappa shape index (κ3) is 6.03. The van der Waals surface area contributed by atoms with Gasteiger partial charge >= 0.3 is 0 Å². The summed E-state index contributed by atoms with van der Waals surface area (Å²) in [6.07, 6.45) is 6.46. The maximum atomic E-state index is 11.1. The van der Waals surface area contributed by atoms with Crippen LogP contribution in [0.3, 0.4) is 0 Å². The van der Waals surface area contributed by atoms with Gasteiger partial charge in [-0.25, -0.2) is 0 Å². The number of nitrogens with one attached hydrogen (secondary N) is 1. The van der Waals surface area contributed by atoms with Crippen LogP contribution in [0.2, 0.25) is 0 Å². The maximum absolute atomic E-state index is 11.1. The van der Waals surface area contributed by atoms with E-state index in [1.165, 1.54) is 0 Å². The zero-order valence-electron chi connectivity index (χ0n) is 20.8. The molecule has 0 aliphatic rings. The summed E-state index contributed by atoms with van der Waals surface area (Å²) in [4.78, 5) is 0. The van der Waals surface area contributed by atoms with Crippen molar-refractivity contribution in [3.63, 3.8) is 0 Å². The molecule has 1 aromatic carbocycles. The molecule has 2 rings (SSSR count). The van der Waals surface area contributed by atoms with E-state index in [1.807, 2.05) is 29.1 Å². The molecule has 1 heterocycles. The summed E-state index contributed by atoms with van der Waals surface area (Å²) in [5, 5.41) is 30.5. The van der Waals surface area contributed by atoms with Gasteiger partial charge in [-0.15, -0.1) is 0 Å². The number of aromatic hydroxyl groups is 1. The number of aromatic nitrogens is 2. The van der Waals surface area contributed by atoms with Crippen LogP contribution < -0.4 is 5.62 Å². The van der Waals surface area contributed by atoms with Crippen molar-refractivity contribution in [3.05, 3.63) is 46.8 Å². The van der Waals surface area contributed by atoms with E-state index in [1.54, 1.807) is 4.57 Å². The fourth-order valence-corrected chi connectivity index (χ4v) is 4.10. The van der Waals surface area contributed by atoms with Gasteiger partial charge in [-0.1, -0.05) is 68.2 Å². The SMILES string of the molecule is CCC(CC)CCn1ccn(CC(O)c2cc(C(C)(C)C)c(O)c(C(C)(C)C)c2)c1=N. The van der Waals surface area contributed by atoms with Gasteiger partial charge in [0.15, 0.2) is 0 Å². The van der Waals surface area contributed by atoms with Crippen LogP contribution in [0.15, 0.2) is 24.5 Å². The third-order valence-electron chi connectivity index (χ3n) is 6.41. The third-order valence-corrected chi connectivity index (χ3v) is 6.41. The van der Waals surface area contributed by atoms with Crippen LogP contribution in [0, 0.1) is 11.3 Å². The van der Waals surface area contributed by atoms with Gasteiger partial charge in [-0.2, -0.15) is 0 Å². The summed E-state index contributed by atoms with van der Waals surface area (Å²) in [6, 6.07) is 3.84. The van der Waals surface area contributed by atoms with E-state index in [0.29, 0.717) is 23.8 Å². The average molecular weight is 430 g/mol. The summed E-state index contributed by atoms with van der Waals surface area (Å²) in [5.74, 6) is 1.00. The Morgan fingerprint density at radius 2 is 1.39 bits per heavy atom. The minimum absolute atomic E-state index is 0.244. The molecule has 5 nitrogen and oxygen atoms in total. The molecule has 2 aromatic rings. The van der Waals surface area contributed by atoms with Gasteiger partial charge < -0.3 is 19.3 Å². The van der Waals surface area contributed by atoms with E-state index < -0.39 is 6.10 Å². The zero-order valence-corrected chi connectivity index (χ0v) is 20.8. The van der Waals surface area contributed by atoms with Crippen LogP contribution in [-0.4, -0.2) is 19.3 Å². The molecule has 0 amide bonds. The molecule has 0 radical (unpaired) electrons. The van der Waals surface area contributed by atoms with Crippen LogP contribution >= 0.6 is 0 Å². The Morgan fingerprint density at radius 1 is 0.903 bits per heavy atom. The van der Waals surface area contributed by atoms with Gasteiger partial charge in [-0.05, 0) is 52.0 Å². The minimum Gasteiger partial charge on any atom is -0.507 e. The maximum Gasteiger partial charge on any atom is 0.202 e. The van der Waals surface area contributed by atoms with E-state index in [4.69, 9.17) is 5.41 Å². The van der Waals surface area contributed by atoms with Crippen LogP contribution in [0.5, 0.6) is 5.75 Å². The highest BCUT2D eigenvalue weighted by Crippen LogP contribution is 2.41. The second-order valence-electron chi connectivity index (χ2n) is 10.9. The highest BCUT2D eigenvalue weighted by Gasteiger charge is 2.28. The van der Waals surface area contributed by atoms with Crippen molar-refractivity contribution in [2.45, 2.75) is 105 Å². The molecule has 0 aliphatic heterocycles. The van der Waals surface area contributed by atoms with Crippen LogP contribution in [0.1, 0.15) is 97.4 Å². The number of phenolic OH excluding ortho intramolecular Hbond substituents is 1. The largest absolute Gasteiger partial charge is 0.507 e. The molecule has 0 saturated carbocycles. The lowest BCUT2D eigenvalue weighted by molar-refractivity contribution is 0.153. The fourth-order valence-electron chi connectivity index (χ4n) is 4.10. The number of phenols is 1. The quantitative estimate of drug-likeness (QED) is 0.509. The van der Waals surface area contributed by atoms with Gasteiger partial charge in [0.05, 0.1) is 12.6 Å². The van der Waals surface area contributed by atoms with E-state index in [9.17, 15) is 10.2 Å². The number of hydrogen-bond donors (Lipinski definition) is 3. The second kappa shape index (κ2) is 9.64. The Bertz CT molecular complexity index is 886. The zero-order chi connectivity index (χ0) is 23.6. The van der Waals surface area contributed by atoms with Crippen molar-refractivity contribution in [3.8, 4) is 5.75 Å². The Labute approximate surface area is 188 Å². The summed E-state index contributed by atoms with van der Waals surface area (Å²) in [6.45, 7) is 18.0. The van der Waals surface area contributed by atoms with Gasteiger partial charge in [0.2, 0.25) is 5.62 Å². The number of aliphatic hydroxyl groups is 1. The molecule has 1 aromatic heterocycles. The number of rotatable bonds is 8. The molecular formula is C26H43N3O2. The fraction of sp³-hybridized carbons (Fsp3) is 0.654. The molecule has 3 N–H and O–H groups in total. The molecule has 174 valence electrons. The van der Waals surface area contributed by atoms with Crippen molar-refractivity contribution in [1.29, 1.82) is 5.41 Å². The lowest BCUT2D eigenvalue weighted by Crippen LogP contribution is -2.27. The Kier molecular flexibility index (Phi) is 7.85.